The van der Waals surface area contributed by atoms with Crippen LogP contribution < -0.4 is 5.32 Å². The average molecular weight is 256 g/mol. The van der Waals surface area contributed by atoms with Gasteiger partial charge in [-0.2, -0.15) is 0 Å². The molecule has 1 aromatic rings. The van der Waals surface area contributed by atoms with Crippen LogP contribution in [0.1, 0.15) is 31.7 Å². The van der Waals surface area contributed by atoms with E-state index in [4.69, 9.17) is 12.2 Å². The highest BCUT2D eigenvalue weighted by atomic mass is 32.1. The van der Waals surface area contributed by atoms with Crippen LogP contribution in [-0.4, -0.2) is 23.6 Å². The third kappa shape index (κ3) is 3.76. The molecule has 1 N–H and O–H groups in total. The zero-order chi connectivity index (χ0) is 12.1. The molecule has 90 valence electrons. The molecule has 1 atom stereocenters. The van der Waals surface area contributed by atoms with Crippen molar-refractivity contribution < 1.29 is 0 Å². The minimum Gasteiger partial charge on any atom is -0.362 e. The third-order valence-electron chi connectivity index (χ3n) is 2.52. The fourth-order valence-corrected chi connectivity index (χ4v) is 2.38. The number of hydrogen-bond donors (Lipinski definition) is 1. The van der Waals surface area contributed by atoms with Gasteiger partial charge in [-0.25, -0.2) is 0 Å². The van der Waals surface area contributed by atoms with Gasteiger partial charge in [-0.1, -0.05) is 19.9 Å². The van der Waals surface area contributed by atoms with Crippen molar-refractivity contribution in [3.05, 3.63) is 22.4 Å². The van der Waals surface area contributed by atoms with Gasteiger partial charge in [0.05, 0.1) is 6.04 Å². The topological polar surface area (TPSA) is 15.3 Å². The predicted molar refractivity (Wildman–Crippen MR) is 75.9 cm³/mol. The van der Waals surface area contributed by atoms with Crippen LogP contribution in [0.5, 0.6) is 0 Å². The third-order valence-corrected chi connectivity index (χ3v) is 3.99. The quantitative estimate of drug-likeness (QED) is 0.832. The van der Waals surface area contributed by atoms with Crippen LogP contribution in [0.15, 0.2) is 17.5 Å². The summed E-state index contributed by atoms with van der Waals surface area (Å²) in [6.45, 7) is 7.46. The lowest BCUT2D eigenvalue weighted by atomic mass is 10.2. The van der Waals surface area contributed by atoms with E-state index in [1.54, 1.807) is 11.3 Å². The van der Waals surface area contributed by atoms with Crippen molar-refractivity contribution in [3.63, 3.8) is 0 Å². The van der Waals surface area contributed by atoms with Gasteiger partial charge in [0.25, 0.3) is 0 Å². The van der Waals surface area contributed by atoms with Crippen LogP contribution in [0.2, 0.25) is 0 Å². The second kappa shape index (κ2) is 6.21. The van der Waals surface area contributed by atoms with Gasteiger partial charge in [0.15, 0.2) is 5.11 Å². The lowest BCUT2D eigenvalue weighted by molar-refractivity contribution is 0.398. The highest BCUT2D eigenvalue weighted by Gasteiger charge is 2.14. The molecular formula is C12H20N2S2. The SMILES string of the molecule is CC(C)CNC(=S)N(C)C(C)c1cccs1. The van der Waals surface area contributed by atoms with E-state index in [1.165, 1.54) is 4.88 Å². The maximum atomic E-state index is 5.36. The Morgan fingerprint density at radius 3 is 2.69 bits per heavy atom. The summed E-state index contributed by atoms with van der Waals surface area (Å²) in [5, 5.41) is 6.22. The molecule has 0 radical (unpaired) electrons. The van der Waals surface area contributed by atoms with E-state index >= 15 is 0 Å². The van der Waals surface area contributed by atoms with Gasteiger partial charge in [-0.3, -0.25) is 0 Å². The summed E-state index contributed by atoms with van der Waals surface area (Å²) in [7, 11) is 2.04. The molecule has 0 fully saturated rings. The summed E-state index contributed by atoms with van der Waals surface area (Å²) >= 11 is 7.14. The number of nitrogens with one attached hydrogen (secondary N) is 1. The van der Waals surface area contributed by atoms with E-state index in [0.717, 1.165) is 11.7 Å². The predicted octanol–water partition coefficient (Wildman–Crippen LogP) is 3.27. The molecule has 0 amide bonds. The molecular weight excluding hydrogens is 236 g/mol. The van der Waals surface area contributed by atoms with Gasteiger partial charge >= 0.3 is 0 Å². The zero-order valence-electron chi connectivity index (χ0n) is 10.4. The molecule has 1 aromatic heterocycles. The maximum absolute atomic E-state index is 5.36. The molecule has 1 rings (SSSR count). The molecule has 0 aliphatic heterocycles. The highest BCUT2D eigenvalue weighted by molar-refractivity contribution is 7.80. The Morgan fingerprint density at radius 2 is 2.19 bits per heavy atom. The summed E-state index contributed by atoms with van der Waals surface area (Å²) in [5.74, 6) is 0.614. The maximum Gasteiger partial charge on any atom is 0.169 e. The van der Waals surface area contributed by atoms with E-state index in [1.807, 2.05) is 7.05 Å². The Labute approximate surface area is 108 Å². The molecule has 0 saturated heterocycles. The Morgan fingerprint density at radius 1 is 1.50 bits per heavy atom. The van der Waals surface area contributed by atoms with Gasteiger partial charge in [0.2, 0.25) is 0 Å². The second-order valence-corrected chi connectivity index (χ2v) is 5.75. The number of hydrogen-bond acceptors (Lipinski definition) is 2. The lowest BCUT2D eigenvalue weighted by Crippen LogP contribution is -2.39. The summed E-state index contributed by atoms with van der Waals surface area (Å²) in [6, 6.07) is 4.57. The number of thiocarbonyl (C=S) groups is 1. The Balaban J connectivity index is 2.50. The fourth-order valence-electron chi connectivity index (χ4n) is 1.31. The van der Waals surface area contributed by atoms with Crippen molar-refractivity contribution >= 4 is 28.7 Å². The second-order valence-electron chi connectivity index (χ2n) is 4.38. The van der Waals surface area contributed by atoms with E-state index in [-0.39, 0.29) is 0 Å². The molecule has 1 unspecified atom stereocenters. The Kier molecular flexibility index (Phi) is 5.22. The largest absolute Gasteiger partial charge is 0.362 e. The van der Waals surface area contributed by atoms with Crippen molar-refractivity contribution in [2.75, 3.05) is 13.6 Å². The first-order valence-corrected chi connectivity index (χ1v) is 6.85. The fraction of sp³-hybridized carbons (Fsp3) is 0.583. The number of nitrogens with zero attached hydrogens (tertiary/aromatic N) is 1. The number of rotatable bonds is 4. The average Bonchev–Trinajstić information content (AvgIpc) is 2.77. The summed E-state index contributed by atoms with van der Waals surface area (Å²) in [4.78, 5) is 3.46. The van der Waals surface area contributed by atoms with Gasteiger partial charge in [-0.05, 0) is 36.5 Å². The number of thiophene rings is 1. The van der Waals surface area contributed by atoms with Crippen molar-refractivity contribution in [3.8, 4) is 0 Å². The molecule has 0 aromatic carbocycles. The zero-order valence-corrected chi connectivity index (χ0v) is 12.0. The molecule has 0 aliphatic carbocycles. The van der Waals surface area contributed by atoms with Crippen molar-refractivity contribution in [1.29, 1.82) is 0 Å². The van der Waals surface area contributed by atoms with Crippen LogP contribution in [-0.2, 0) is 0 Å². The van der Waals surface area contributed by atoms with Crippen molar-refractivity contribution in [2.24, 2.45) is 5.92 Å². The summed E-state index contributed by atoms with van der Waals surface area (Å²) in [5.41, 5.74) is 0. The Hall–Kier alpha value is -0.610. The van der Waals surface area contributed by atoms with Gasteiger partial charge in [0.1, 0.15) is 0 Å². The van der Waals surface area contributed by atoms with Gasteiger partial charge < -0.3 is 10.2 Å². The molecule has 0 saturated carbocycles. The normalized spacial score (nSPS) is 12.6. The minimum absolute atomic E-state index is 0.340. The van der Waals surface area contributed by atoms with E-state index in [0.29, 0.717) is 12.0 Å². The van der Waals surface area contributed by atoms with Gasteiger partial charge in [0, 0.05) is 18.5 Å². The molecule has 16 heavy (non-hydrogen) atoms. The molecule has 0 aliphatic rings. The standard InChI is InChI=1S/C12H20N2S2/c1-9(2)8-13-12(15)14(4)10(3)11-6-5-7-16-11/h5-7,9-10H,8H2,1-4H3,(H,13,15). The van der Waals surface area contributed by atoms with Crippen LogP contribution in [0.25, 0.3) is 0 Å². The van der Waals surface area contributed by atoms with Crippen LogP contribution >= 0.6 is 23.6 Å². The van der Waals surface area contributed by atoms with E-state index < -0.39 is 0 Å². The summed E-state index contributed by atoms with van der Waals surface area (Å²) in [6.07, 6.45) is 0. The highest BCUT2D eigenvalue weighted by Crippen LogP contribution is 2.23. The first kappa shape index (κ1) is 13.5. The van der Waals surface area contributed by atoms with E-state index in [9.17, 15) is 0 Å². The van der Waals surface area contributed by atoms with Crippen LogP contribution in [0.4, 0.5) is 0 Å². The van der Waals surface area contributed by atoms with Crippen molar-refractivity contribution in [1.82, 2.24) is 10.2 Å². The Bertz CT molecular complexity index is 320. The minimum atomic E-state index is 0.340. The van der Waals surface area contributed by atoms with E-state index in [2.05, 4.69) is 48.5 Å². The smallest absolute Gasteiger partial charge is 0.169 e. The summed E-state index contributed by atoms with van der Waals surface area (Å²) < 4.78 is 0. The molecule has 2 nitrogen and oxygen atoms in total. The molecule has 1 heterocycles. The monoisotopic (exact) mass is 256 g/mol. The van der Waals surface area contributed by atoms with Crippen molar-refractivity contribution in [2.45, 2.75) is 26.8 Å². The lowest BCUT2D eigenvalue weighted by Gasteiger charge is -2.27. The first-order valence-electron chi connectivity index (χ1n) is 5.56. The molecule has 4 heteroatoms. The molecule has 0 bridgehead atoms. The first-order chi connectivity index (χ1) is 7.52. The molecule has 0 spiro atoms. The van der Waals surface area contributed by atoms with Crippen LogP contribution in [0.3, 0.4) is 0 Å². The van der Waals surface area contributed by atoms with Crippen LogP contribution in [0, 0.1) is 5.92 Å². The van der Waals surface area contributed by atoms with Gasteiger partial charge in [-0.15, -0.1) is 11.3 Å².